The first-order chi connectivity index (χ1) is 17.9. The predicted octanol–water partition coefficient (Wildman–Crippen LogP) is 5.55. The van der Waals surface area contributed by atoms with Gasteiger partial charge in [0.05, 0.1) is 29.8 Å². The van der Waals surface area contributed by atoms with E-state index in [0.717, 1.165) is 47.1 Å². The summed E-state index contributed by atoms with van der Waals surface area (Å²) in [5.41, 5.74) is 4.57. The van der Waals surface area contributed by atoms with Crippen LogP contribution in [0.2, 0.25) is 5.02 Å². The van der Waals surface area contributed by atoms with Gasteiger partial charge in [-0.1, -0.05) is 53.7 Å². The van der Waals surface area contributed by atoms with Crippen LogP contribution < -0.4 is 10.6 Å². The lowest BCUT2D eigenvalue weighted by molar-refractivity contribution is -0.121. The van der Waals surface area contributed by atoms with Crippen molar-refractivity contribution < 1.29 is 14.3 Å². The summed E-state index contributed by atoms with van der Waals surface area (Å²) in [5, 5.41) is 9.37. The van der Waals surface area contributed by atoms with E-state index < -0.39 is 6.04 Å². The van der Waals surface area contributed by atoms with Gasteiger partial charge in [-0.3, -0.25) is 9.59 Å². The molecule has 1 fully saturated rings. The molecule has 5 rings (SSSR count). The molecule has 2 atom stereocenters. The minimum Gasteiger partial charge on any atom is -0.376 e. The fourth-order valence-electron chi connectivity index (χ4n) is 4.78. The third kappa shape index (κ3) is 5.61. The number of ether oxygens (including phenoxy) is 1. The molecule has 2 amide bonds. The minimum absolute atomic E-state index is 0.0760. The number of carbonyl (C=O) groups excluding carboxylic acids is 2. The van der Waals surface area contributed by atoms with Crippen LogP contribution in [0.5, 0.6) is 0 Å². The molecule has 2 unspecified atom stereocenters. The van der Waals surface area contributed by atoms with E-state index in [-0.39, 0.29) is 24.3 Å². The number of nitrogens with zero attached hydrogens (tertiary/aromatic N) is 2. The second kappa shape index (κ2) is 11.1. The zero-order valence-electron chi connectivity index (χ0n) is 20.8. The SMILES string of the molecule is CC1=C(C(=O)Nc2ccccc2C)C(c2ccc(Cl)cc2)N2C(CC(=O)NCC3CCCO3)=CSC2=N1. The summed E-state index contributed by atoms with van der Waals surface area (Å²) in [5.74, 6) is -0.315. The first kappa shape index (κ1) is 25.6. The highest BCUT2D eigenvalue weighted by molar-refractivity contribution is 8.16. The average molecular weight is 537 g/mol. The zero-order valence-corrected chi connectivity index (χ0v) is 22.4. The van der Waals surface area contributed by atoms with Crippen molar-refractivity contribution in [3.05, 3.63) is 87.1 Å². The van der Waals surface area contributed by atoms with Gasteiger partial charge in [0.1, 0.15) is 0 Å². The lowest BCUT2D eigenvalue weighted by atomic mass is 9.93. The second-order valence-electron chi connectivity index (χ2n) is 9.33. The van der Waals surface area contributed by atoms with Gasteiger partial charge in [-0.2, -0.15) is 0 Å². The highest BCUT2D eigenvalue weighted by Crippen LogP contribution is 2.45. The Labute approximate surface area is 226 Å². The normalized spacial score (nSPS) is 20.9. The summed E-state index contributed by atoms with van der Waals surface area (Å²) in [6.07, 6.45) is 2.24. The first-order valence-corrected chi connectivity index (χ1v) is 13.6. The van der Waals surface area contributed by atoms with Gasteiger partial charge in [0.2, 0.25) is 5.91 Å². The fourth-order valence-corrected chi connectivity index (χ4v) is 5.87. The maximum absolute atomic E-state index is 13.7. The number of carbonyl (C=O) groups is 2. The molecule has 37 heavy (non-hydrogen) atoms. The Kier molecular flexibility index (Phi) is 7.69. The van der Waals surface area contributed by atoms with Crippen molar-refractivity contribution in [2.45, 2.75) is 45.3 Å². The predicted molar refractivity (Wildman–Crippen MR) is 148 cm³/mol. The van der Waals surface area contributed by atoms with Gasteiger partial charge in [0.25, 0.3) is 5.91 Å². The largest absolute Gasteiger partial charge is 0.376 e. The number of fused-ring (bicyclic) bond motifs is 1. The first-order valence-electron chi connectivity index (χ1n) is 12.4. The van der Waals surface area contributed by atoms with Crippen LogP contribution in [0.4, 0.5) is 5.69 Å². The van der Waals surface area contributed by atoms with Gasteiger partial charge in [0.15, 0.2) is 5.17 Å². The Bertz CT molecular complexity index is 1300. The number of allylic oxidation sites excluding steroid dienone is 1. The summed E-state index contributed by atoms with van der Waals surface area (Å²) >= 11 is 7.66. The third-order valence-corrected chi connectivity index (χ3v) is 7.86. The van der Waals surface area contributed by atoms with Crippen molar-refractivity contribution in [3.8, 4) is 0 Å². The summed E-state index contributed by atoms with van der Waals surface area (Å²) in [4.78, 5) is 33.4. The molecule has 2 aromatic rings. The van der Waals surface area contributed by atoms with Gasteiger partial charge in [-0.25, -0.2) is 4.99 Å². The van der Waals surface area contributed by atoms with Crippen LogP contribution in [0.1, 0.15) is 43.4 Å². The lowest BCUT2D eigenvalue weighted by Gasteiger charge is -2.36. The molecule has 0 radical (unpaired) electrons. The number of aryl methyl sites for hydroxylation is 1. The zero-order chi connectivity index (χ0) is 25.9. The third-order valence-electron chi connectivity index (χ3n) is 6.72. The van der Waals surface area contributed by atoms with Crippen LogP contribution in [0, 0.1) is 6.92 Å². The summed E-state index contributed by atoms with van der Waals surface area (Å²) in [6.45, 7) is 5.06. The smallest absolute Gasteiger partial charge is 0.255 e. The Morgan fingerprint density at radius 2 is 1.95 bits per heavy atom. The number of amidine groups is 1. The Balaban J connectivity index is 1.43. The van der Waals surface area contributed by atoms with Crippen molar-refractivity contribution in [1.82, 2.24) is 10.2 Å². The van der Waals surface area contributed by atoms with Gasteiger partial charge < -0.3 is 20.3 Å². The van der Waals surface area contributed by atoms with Crippen molar-refractivity contribution in [2.75, 3.05) is 18.5 Å². The van der Waals surface area contributed by atoms with Gasteiger partial charge in [-0.05, 0) is 61.4 Å². The molecule has 9 heteroatoms. The van der Waals surface area contributed by atoms with E-state index in [1.165, 1.54) is 11.8 Å². The quantitative estimate of drug-likeness (QED) is 0.485. The van der Waals surface area contributed by atoms with Gasteiger partial charge in [-0.15, -0.1) is 0 Å². The van der Waals surface area contributed by atoms with Gasteiger partial charge in [0, 0.05) is 29.6 Å². The molecular formula is C28H29ClN4O3S. The summed E-state index contributed by atoms with van der Waals surface area (Å²) < 4.78 is 5.63. The van der Waals surface area contributed by atoms with Crippen LogP contribution in [0.25, 0.3) is 0 Å². The molecule has 0 spiro atoms. The maximum atomic E-state index is 13.7. The molecule has 3 heterocycles. The topological polar surface area (TPSA) is 83.0 Å². The molecule has 3 aliphatic heterocycles. The van der Waals surface area contributed by atoms with Crippen molar-refractivity contribution in [2.24, 2.45) is 4.99 Å². The fraction of sp³-hybridized carbons (Fsp3) is 0.321. The molecule has 192 valence electrons. The number of hydrogen-bond donors (Lipinski definition) is 2. The summed E-state index contributed by atoms with van der Waals surface area (Å²) in [7, 11) is 0. The standard InChI is InChI=1S/C28H29ClN4O3S/c1-17-6-3-4-8-23(17)32-27(35)25-18(2)31-28-33(26(25)19-9-11-20(29)12-10-19)21(16-37-28)14-24(34)30-15-22-7-5-13-36-22/h3-4,6,8-12,16,22,26H,5,7,13-15H2,1-2H3,(H,30,34)(H,32,35). The Hall–Kier alpha value is -3.07. The highest BCUT2D eigenvalue weighted by Gasteiger charge is 2.40. The number of halogens is 1. The average Bonchev–Trinajstić information content (AvgIpc) is 3.54. The highest BCUT2D eigenvalue weighted by atomic mass is 35.5. The molecule has 0 bridgehead atoms. The molecule has 0 aliphatic carbocycles. The Morgan fingerprint density at radius 1 is 1.16 bits per heavy atom. The number of rotatable bonds is 7. The van der Waals surface area contributed by atoms with Crippen LogP contribution >= 0.6 is 23.4 Å². The van der Waals surface area contributed by atoms with Crippen LogP contribution in [0.3, 0.4) is 0 Å². The number of para-hydroxylation sites is 1. The van der Waals surface area contributed by atoms with Crippen LogP contribution in [-0.4, -0.2) is 41.1 Å². The van der Waals surface area contributed by atoms with Crippen molar-refractivity contribution in [3.63, 3.8) is 0 Å². The number of nitrogens with one attached hydrogen (secondary N) is 2. The number of amides is 2. The van der Waals surface area contributed by atoms with Crippen LogP contribution in [-0.2, 0) is 14.3 Å². The molecule has 0 saturated carbocycles. The Morgan fingerprint density at radius 3 is 2.68 bits per heavy atom. The molecule has 3 aliphatic rings. The van der Waals surface area contributed by atoms with E-state index in [0.29, 0.717) is 22.8 Å². The number of benzene rings is 2. The molecular weight excluding hydrogens is 508 g/mol. The number of hydrogen-bond acceptors (Lipinski definition) is 6. The lowest BCUT2D eigenvalue weighted by Crippen LogP contribution is -2.39. The van der Waals surface area contributed by atoms with Crippen molar-refractivity contribution in [1.29, 1.82) is 0 Å². The van der Waals surface area contributed by atoms with E-state index in [1.807, 2.05) is 72.7 Å². The minimum atomic E-state index is -0.457. The van der Waals surface area contributed by atoms with E-state index >= 15 is 0 Å². The van der Waals surface area contributed by atoms with E-state index in [4.69, 9.17) is 21.3 Å². The van der Waals surface area contributed by atoms with E-state index in [1.54, 1.807) is 0 Å². The molecule has 2 N–H and O–H groups in total. The number of thioether (sulfide) groups is 1. The molecule has 1 saturated heterocycles. The molecule has 2 aromatic carbocycles. The number of anilines is 1. The molecule has 7 nitrogen and oxygen atoms in total. The second-order valence-corrected chi connectivity index (χ2v) is 10.6. The van der Waals surface area contributed by atoms with Crippen molar-refractivity contribution >= 4 is 46.0 Å². The summed E-state index contributed by atoms with van der Waals surface area (Å²) in [6, 6.07) is 14.7. The van der Waals surface area contributed by atoms with Crippen LogP contribution in [0.15, 0.2) is 75.9 Å². The number of aliphatic imine (C=N–C) groups is 1. The molecule has 0 aromatic heterocycles. The maximum Gasteiger partial charge on any atom is 0.255 e. The van der Waals surface area contributed by atoms with E-state index in [9.17, 15) is 9.59 Å². The van der Waals surface area contributed by atoms with E-state index in [2.05, 4.69) is 10.6 Å². The monoisotopic (exact) mass is 536 g/mol. The van der Waals surface area contributed by atoms with Gasteiger partial charge >= 0.3 is 0 Å².